The van der Waals surface area contributed by atoms with Crippen molar-refractivity contribution in [2.45, 2.75) is 27.2 Å². The molecule has 17 heavy (non-hydrogen) atoms. The lowest BCUT2D eigenvalue weighted by Crippen LogP contribution is -2.07. The quantitative estimate of drug-likeness (QED) is 0.599. The van der Waals surface area contributed by atoms with Crippen molar-refractivity contribution >= 4 is 32.1 Å². The van der Waals surface area contributed by atoms with Crippen molar-refractivity contribution in [3.63, 3.8) is 0 Å². The molecule has 1 aliphatic rings. The van der Waals surface area contributed by atoms with Crippen LogP contribution in [0.5, 0.6) is 0 Å². The SMILES string of the molecule is CC.CCOC(=O)C1=C(I)c2ccccc2C1. The van der Waals surface area contributed by atoms with Crippen molar-refractivity contribution in [2.75, 3.05) is 6.61 Å². The molecule has 0 bridgehead atoms. The van der Waals surface area contributed by atoms with Gasteiger partial charge in [-0.3, -0.25) is 0 Å². The Labute approximate surface area is 116 Å². The van der Waals surface area contributed by atoms with E-state index in [1.54, 1.807) is 0 Å². The smallest absolute Gasteiger partial charge is 0.335 e. The molecule has 92 valence electrons. The van der Waals surface area contributed by atoms with Crippen LogP contribution >= 0.6 is 22.6 Å². The largest absolute Gasteiger partial charge is 0.463 e. The molecule has 0 saturated carbocycles. The summed E-state index contributed by atoms with van der Waals surface area (Å²) in [4.78, 5) is 11.6. The number of carbonyl (C=O) groups excluding carboxylic acids is 1. The van der Waals surface area contributed by atoms with Gasteiger partial charge in [0.2, 0.25) is 0 Å². The summed E-state index contributed by atoms with van der Waals surface area (Å²) in [5, 5.41) is 0. The zero-order chi connectivity index (χ0) is 12.8. The molecule has 0 amide bonds. The number of esters is 1. The second-order valence-corrected chi connectivity index (χ2v) is 4.43. The lowest BCUT2D eigenvalue weighted by molar-refractivity contribution is -0.138. The third-order valence-electron chi connectivity index (χ3n) is 2.41. The van der Waals surface area contributed by atoms with E-state index in [1.807, 2.05) is 39.0 Å². The lowest BCUT2D eigenvalue weighted by Gasteiger charge is -2.02. The number of carbonyl (C=O) groups is 1. The van der Waals surface area contributed by atoms with Gasteiger partial charge in [0.1, 0.15) is 0 Å². The van der Waals surface area contributed by atoms with E-state index in [0.717, 1.165) is 9.15 Å². The fourth-order valence-corrected chi connectivity index (χ4v) is 2.64. The highest BCUT2D eigenvalue weighted by Gasteiger charge is 2.24. The number of hydrogen-bond acceptors (Lipinski definition) is 2. The molecule has 0 heterocycles. The van der Waals surface area contributed by atoms with E-state index >= 15 is 0 Å². The van der Waals surface area contributed by atoms with Crippen LogP contribution in [0.1, 0.15) is 31.9 Å². The first-order valence-electron chi connectivity index (χ1n) is 5.88. The molecule has 2 rings (SSSR count). The Morgan fingerprint density at radius 3 is 2.59 bits per heavy atom. The van der Waals surface area contributed by atoms with Crippen LogP contribution in [0.3, 0.4) is 0 Å². The van der Waals surface area contributed by atoms with Gasteiger partial charge in [-0.15, -0.1) is 0 Å². The predicted molar refractivity (Wildman–Crippen MR) is 79.1 cm³/mol. The van der Waals surface area contributed by atoms with E-state index in [1.165, 1.54) is 11.1 Å². The number of halogens is 1. The van der Waals surface area contributed by atoms with Crippen molar-refractivity contribution < 1.29 is 9.53 Å². The standard InChI is InChI=1S/C12H11IO2.C2H6/c1-2-15-12(14)10-7-8-5-3-4-6-9(8)11(10)13;1-2/h3-6H,2,7H2,1H3;1-2H3. The predicted octanol–water partition coefficient (Wildman–Crippen LogP) is 3.98. The minimum Gasteiger partial charge on any atom is -0.463 e. The van der Waals surface area contributed by atoms with E-state index in [2.05, 4.69) is 28.7 Å². The minimum atomic E-state index is -0.182. The average Bonchev–Trinajstić information content (AvgIpc) is 2.70. The molecular formula is C14H17IO2. The van der Waals surface area contributed by atoms with Gasteiger partial charge >= 0.3 is 5.97 Å². The Bertz CT molecular complexity index is 436. The van der Waals surface area contributed by atoms with Gasteiger partial charge < -0.3 is 4.74 Å². The molecule has 1 aromatic rings. The van der Waals surface area contributed by atoms with E-state index in [0.29, 0.717) is 13.0 Å². The molecule has 0 spiro atoms. The molecule has 1 aliphatic carbocycles. The van der Waals surface area contributed by atoms with Gasteiger partial charge in [-0.2, -0.15) is 0 Å². The Balaban J connectivity index is 0.000000686. The molecule has 0 unspecified atom stereocenters. The van der Waals surface area contributed by atoms with Gasteiger partial charge in [0.25, 0.3) is 0 Å². The molecule has 1 aromatic carbocycles. The van der Waals surface area contributed by atoms with Crippen LogP contribution in [0, 0.1) is 0 Å². The second-order valence-electron chi connectivity index (χ2n) is 3.35. The van der Waals surface area contributed by atoms with Gasteiger partial charge in [0, 0.05) is 10.0 Å². The van der Waals surface area contributed by atoms with E-state index in [-0.39, 0.29) is 5.97 Å². The van der Waals surface area contributed by atoms with Gasteiger partial charge in [-0.25, -0.2) is 4.79 Å². The maximum atomic E-state index is 11.6. The molecule has 0 atom stereocenters. The number of fused-ring (bicyclic) bond motifs is 1. The third kappa shape index (κ3) is 3.09. The Morgan fingerprint density at radius 1 is 1.35 bits per heavy atom. The van der Waals surface area contributed by atoms with Crippen LogP contribution in [0.25, 0.3) is 3.58 Å². The number of benzene rings is 1. The van der Waals surface area contributed by atoms with Crippen molar-refractivity contribution in [1.29, 1.82) is 0 Å². The molecule has 0 aromatic heterocycles. The highest BCUT2D eigenvalue weighted by Crippen LogP contribution is 2.37. The van der Waals surface area contributed by atoms with Crippen molar-refractivity contribution in [2.24, 2.45) is 0 Å². The highest BCUT2D eigenvalue weighted by molar-refractivity contribution is 14.1. The molecular weight excluding hydrogens is 327 g/mol. The summed E-state index contributed by atoms with van der Waals surface area (Å²) in [5.41, 5.74) is 3.17. The zero-order valence-electron chi connectivity index (χ0n) is 10.4. The van der Waals surface area contributed by atoms with Gasteiger partial charge in [0.05, 0.1) is 12.2 Å². The van der Waals surface area contributed by atoms with Crippen LogP contribution in [-0.4, -0.2) is 12.6 Å². The summed E-state index contributed by atoms with van der Waals surface area (Å²) < 4.78 is 6.06. The Morgan fingerprint density at radius 2 is 2.00 bits per heavy atom. The van der Waals surface area contributed by atoms with E-state index < -0.39 is 0 Å². The normalized spacial score (nSPS) is 12.7. The zero-order valence-corrected chi connectivity index (χ0v) is 12.6. The van der Waals surface area contributed by atoms with Crippen LogP contribution < -0.4 is 0 Å². The fourth-order valence-electron chi connectivity index (χ4n) is 1.70. The monoisotopic (exact) mass is 344 g/mol. The minimum absolute atomic E-state index is 0.182. The maximum absolute atomic E-state index is 11.6. The average molecular weight is 344 g/mol. The van der Waals surface area contributed by atoms with Crippen molar-refractivity contribution in [3.8, 4) is 0 Å². The summed E-state index contributed by atoms with van der Waals surface area (Å²) in [7, 11) is 0. The summed E-state index contributed by atoms with van der Waals surface area (Å²) in [5.74, 6) is -0.182. The molecule has 0 fully saturated rings. The molecule has 0 radical (unpaired) electrons. The van der Waals surface area contributed by atoms with E-state index in [4.69, 9.17) is 4.74 Å². The van der Waals surface area contributed by atoms with Crippen molar-refractivity contribution in [3.05, 3.63) is 41.0 Å². The first-order valence-corrected chi connectivity index (χ1v) is 6.96. The summed E-state index contributed by atoms with van der Waals surface area (Å²) in [6, 6.07) is 8.09. The van der Waals surface area contributed by atoms with Crippen molar-refractivity contribution in [1.82, 2.24) is 0 Å². The number of hydrogen-bond donors (Lipinski definition) is 0. The molecule has 2 nitrogen and oxygen atoms in total. The lowest BCUT2D eigenvalue weighted by atomic mass is 10.1. The van der Waals surface area contributed by atoms with Gasteiger partial charge in [-0.1, -0.05) is 38.1 Å². The van der Waals surface area contributed by atoms with E-state index in [9.17, 15) is 4.79 Å². The Kier molecular flexibility index (Phi) is 5.68. The Hall–Kier alpha value is -0.840. The van der Waals surface area contributed by atoms with Crippen LogP contribution in [0.2, 0.25) is 0 Å². The van der Waals surface area contributed by atoms with Gasteiger partial charge in [-0.05, 0) is 40.6 Å². The summed E-state index contributed by atoms with van der Waals surface area (Å²) in [6.45, 7) is 6.26. The first kappa shape index (κ1) is 14.2. The molecule has 0 N–H and O–H groups in total. The topological polar surface area (TPSA) is 26.3 Å². The molecule has 0 saturated heterocycles. The number of rotatable bonds is 2. The number of ether oxygens (including phenoxy) is 1. The van der Waals surface area contributed by atoms with Crippen LogP contribution in [0.4, 0.5) is 0 Å². The fraction of sp³-hybridized carbons (Fsp3) is 0.357. The highest BCUT2D eigenvalue weighted by atomic mass is 127. The van der Waals surface area contributed by atoms with Gasteiger partial charge in [0.15, 0.2) is 0 Å². The van der Waals surface area contributed by atoms with Crippen LogP contribution in [-0.2, 0) is 16.0 Å². The molecule has 3 heteroatoms. The summed E-state index contributed by atoms with van der Waals surface area (Å²) in [6.07, 6.45) is 0.702. The maximum Gasteiger partial charge on any atom is 0.335 e. The summed E-state index contributed by atoms with van der Waals surface area (Å²) >= 11 is 2.22. The van der Waals surface area contributed by atoms with Crippen LogP contribution in [0.15, 0.2) is 29.8 Å². The molecule has 0 aliphatic heterocycles. The second kappa shape index (κ2) is 6.79. The first-order chi connectivity index (χ1) is 8.24. The third-order valence-corrected chi connectivity index (χ3v) is 3.64.